The molecule has 3 heterocycles. The number of anilines is 1. The number of carbonyl (C=O) groups excluding carboxylic acids is 2. The zero-order valence-electron chi connectivity index (χ0n) is 25.4. The van der Waals surface area contributed by atoms with Crippen molar-refractivity contribution in [1.29, 1.82) is 0 Å². The molecule has 0 saturated carbocycles. The molecule has 0 aromatic heterocycles. The molecule has 0 aliphatic carbocycles. The van der Waals surface area contributed by atoms with E-state index >= 15 is 0 Å². The quantitative estimate of drug-likeness (QED) is 0.439. The van der Waals surface area contributed by atoms with E-state index in [0.29, 0.717) is 31.7 Å². The zero-order chi connectivity index (χ0) is 30.0. The molecule has 0 radical (unpaired) electrons. The minimum atomic E-state index is -2.91. The molecule has 8 nitrogen and oxygen atoms in total. The van der Waals surface area contributed by atoms with E-state index in [0.717, 1.165) is 48.1 Å². The molecule has 1 fully saturated rings. The van der Waals surface area contributed by atoms with Crippen molar-refractivity contribution in [2.75, 3.05) is 25.2 Å². The first-order chi connectivity index (χ1) is 20.1. The van der Waals surface area contributed by atoms with E-state index in [1.165, 1.54) is 0 Å². The smallest absolute Gasteiger partial charge is 0.226 e. The van der Waals surface area contributed by atoms with E-state index in [2.05, 4.69) is 13.0 Å². The lowest BCUT2D eigenvalue weighted by Gasteiger charge is -2.45. The number of nitrogens with zero attached hydrogens (tertiary/aromatic N) is 2. The average molecular weight is 595 g/mol. The number of rotatable bonds is 7. The Labute approximate surface area is 250 Å². The van der Waals surface area contributed by atoms with Gasteiger partial charge >= 0.3 is 0 Å². The van der Waals surface area contributed by atoms with Gasteiger partial charge in [-0.3, -0.25) is 9.59 Å². The van der Waals surface area contributed by atoms with Gasteiger partial charge in [0.1, 0.15) is 11.9 Å². The van der Waals surface area contributed by atoms with Gasteiger partial charge in [-0.1, -0.05) is 44.0 Å². The number of fused-ring (bicyclic) bond motifs is 2. The van der Waals surface area contributed by atoms with Gasteiger partial charge in [0.05, 0.1) is 18.8 Å². The Balaban J connectivity index is 1.40. The standard InChI is InChI=1S/C33H46N2O6Si/c1-22-32(40-2)27-18-25(34-16-10-6-5-7-13-30(34)37)14-15-28(27)41-33(22)29(42(3,4)39)19-31(38)35-20-24-12-9-8-11-23(24)17-26(35)21-36/h8-9,11-12,14-15,18,22,26,29,32-33,36,39H,5-7,10,13,16-17,19-21H2,1-4H3/t22-,26+,29?,32-,33-/m1/s1. The number of aliphatic hydroxyl groups excluding tert-OH is 1. The van der Waals surface area contributed by atoms with Crippen molar-refractivity contribution >= 4 is 25.8 Å². The fourth-order valence-electron chi connectivity index (χ4n) is 7.08. The van der Waals surface area contributed by atoms with Gasteiger partial charge in [0, 0.05) is 55.8 Å². The maximum absolute atomic E-state index is 13.9. The van der Waals surface area contributed by atoms with Gasteiger partial charge in [-0.05, 0) is 61.7 Å². The molecule has 1 unspecified atom stereocenters. The molecule has 2 aromatic rings. The molecule has 2 aromatic carbocycles. The summed E-state index contributed by atoms with van der Waals surface area (Å²) in [5.41, 5.74) is 3.62. The molecule has 228 valence electrons. The Hall–Kier alpha value is -2.72. The number of carbonyl (C=O) groups is 2. The number of ether oxygens (including phenoxy) is 2. The Bertz CT molecular complexity index is 1280. The van der Waals surface area contributed by atoms with Crippen LogP contribution in [0.4, 0.5) is 5.69 Å². The second kappa shape index (κ2) is 12.9. The number of aliphatic hydroxyl groups is 1. The van der Waals surface area contributed by atoms with E-state index in [1.807, 2.05) is 54.4 Å². The van der Waals surface area contributed by atoms with Crippen molar-refractivity contribution in [1.82, 2.24) is 4.90 Å². The Morgan fingerprint density at radius 3 is 2.57 bits per heavy atom. The molecule has 2 amide bonds. The summed E-state index contributed by atoms with van der Waals surface area (Å²) in [5, 5.41) is 10.2. The summed E-state index contributed by atoms with van der Waals surface area (Å²) in [4.78, 5) is 42.0. The summed E-state index contributed by atoms with van der Waals surface area (Å²) >= 11 is 0. The zero-order valence-corrected chi connectivity index (χ0v) is 26.4. The largest absolute Gasteiger partial charge is 0.490 e. The van der Waals surface area contributed by atoms with Crippen LogP contribution in [0.2, 0.25) is 18.6 Å². The minimum Gasteiger partial charge on any atom is -0.490 e. The highest BCUT2D eigenvalue weighted by Crippen LogP contribution is 2.48. The van der Waals surface area contributed by atoms with Crippen molar-refractivity contribution in [3.05, 3.63) is 59.2 Å². The molecule has 3 aliphatic rings. The summed E-state index contributed by atoms with van der Waals surface area (Å²) < 4.78 is 12.7. The van der Waals surface area contributed by atoms with E-state index in [1.54, 1.807) is 12.0 Å². The van der Waals surface area contributed by atoms with E-state index in [9.17, 15) is 19.5 Å². The van der Waals surface area contributed by atoms with Crippen LogP contribution < -0.4 is 9.64 Å². The Kier molecular flexibility index (Phi) is 9.42. The van der Waals surface area contributed by atoms with Crippen molar-refractivity contribution in [3.8, 4) is 5.75 Å². The Morgan fingerprint density at radius 2 is 1.86 bits per heavy atom. The second-order valence-electron chi connectivity index (χ2n) is 12.8. The molecular weight excluding hydrogens is 548 g/mol. The maximum Gasteiger partial charge on any atom is 0.226 e. The summed E-state index contributed by atoms with van der Waals surface area (Å²) in [6, 6.07) is 13.6. The summed E-state index contributed by atoms with van der Waals surface area (Å²) in [6.07, 6.45) is 4.69. The maximum atomic E-state index is 13.9. The number of benzene rings is 2. The first kappa shape index (κ1) is 30.7. The number of amides is 2. The molecule has 5 rings (SSSR count). The normalized spacial score (nSPS) is 25.5. The van der Waals surface area contributed by atoms with Gasteiger partial charge < -0.3 is 29.2 Å². The lowest BCUT2D eigenvalue weighted by Crippen LogP contribution is -2.52. The molecule has 5 atom stereocenters. The van der Waals surface area contributed by atoms with Gasteiger partial charge in [0.15, 0.2) is 8.32 Å². The first-order valence-corrected chi connectivity index (χ1v) is 18.5. The third-order valence-corrected chi connectivity index (χ3v) is 11.9. The van der Waals surface area contributed by atoms with Crippen LogP contribution in [0, 0.1) is 5.92 Å². The molecule has 42 heavy (non-hydrogen) atoms. The van der Waals surface area contributed by atoms with Crippen LogP contribution in [0.15, 0.2) is 42.5 Å². The minimum absolute atomic E-state index is 0.0790. The predicted molar refractivity (Wildman–Crippen MR) is 165 cm³/mol. The molecule has 3 aliphatic heterocycles. The fraction of sp³-hybridized carbons (Fsp3) is 0.576. The number of hydrogen-bond acceptors (Lipinski definition) is 6. The Morgan fingerprint density at radius 1 is 1.12 bits per heavy atom. The van der Waals surface area contributed by atoms with Crippen molar-refractivity contribution < 1.29 is 29.0 Å². The highest BCUT2D eigenvalue weighted by molar-refractivity contribution is 6.71. The number of methoxy groups -OCH3 is 1. The van der Waals surface area contributed by atoms with E-state index in [4.69, 9.17) is 9.47 Å². The van der Waals surface area contributed by atoms with E-state index < -0.39 is 20.0 Å². The molecule has 1 saturated heterocycles. The van der Waals surface area contributed by atoms with Gasteiger partial charge in [0.25, 0.3) is 0 Å². The molecule has 0 spiro atoms. The molecule has 9 heteroatoms. The SMILES string of the molecule is CO[C@H]1c2cc(N3CCCCCCC3=O)ccc2O[C@@H](C(CC(=O)N2Cc3ccccc3C[C@H]2CO)[Si](C)(C)O)[C@@H]1C. The van der Waals surface area contributed by atoms with Crippen LogP contribution in [0.1, 0.15) is 68.2 Å². The lowest BCUT2D eigenvalue weighted by atomic mass is 9.86. The van der Waals surface area contributed by atoms with Crippen LogP contribution in [0.3, 0.4) is 0 Å². The summed E-state index contributed by atoms with van der Waals surface area (Å²) in [5.74, 6) is 0.598. The lowest BCUT2D eigenvalue weighted by molar-refractivity contribution is -0.136. The van der Waals surface area contributed by atoms with E-state index in [-0.39, 0.29) is 42.9 Å². The van der Waals surface area contributed by atoms with Crippen molar-refractivity contribution in [2.45, 2.75) is 95.3 Å². The molecular formula is C33H46N2O6Si. The monoisotopic (exact) mass is 594 g/mol. The van der Waals surface area contributed by atoms with Gasteiger partial charge in [-0.25, -0.2) is 0 Å². The highest BCUT2D eigenvalue weighted by Gasteiger charge is 2.48. The van der Waals surface area contributed by atoms with Crippen LogP contribution in [0.25, 0.3) is 0 Å². The van der Waals surface area contributed by atoms with Crippen LogP contribution in [-0.2, 0) is 27.3 Å². The summed E-state index contributed by atoms with van der Waals surface area (Å²) in [7, 11) is -1.23. The highest BCUT2D eigenvalue weighted by atomic mass is 28.4. The summed E-state index contributed by atoms with van der Waals surface area (Å²) in [6.45, 7) is 6.83. The third kappa shape index (κ3) is 6.30. The van der Waals surface area contributed by atoms with Gasteiger partial charge in [0.2, 0.25) is 11.8 Å². The van der Waals surface area contributed by atoms with Crippen LogP contribution in [0.5, 0.6) is 5.75 Å². The molecule has 2 N–H and O–H groups in total. The third-order valence-electron chi connectivity index (χ3n) is 9.53. The van der Waals surface area contributed by atoms with Crippen molar-refractivity contribution in [3.63, 3.8) is 0 Å². The average Bonchev–Trinajstić information content (AvgIpc) is 2.96. The fourth-order valence-corrected chi connectivity index (χ4v) is 8.93. The van der Waals surface area contributed by atoms with Crippen LogP contribution in [-0.4, -0.2) is 67.3 Å². The predicted octanol–water partition coefficient (Wildman–Crippen LogP) is 4.97. The first-order valence-electron chi connectivity index (χ1n) is 15.5. The van der Waals surface area contributed by atoms with Crippen LogP contribution >= 0.6 is 0 Å². The van der Waals surface area contributed by atoms with Gasteiger partial charge in [-0.15, -0.1) is 0 Å². The molecule has 0 bridgehead atoms. The second-order valence-corrected chi connectivity index (χ2v) is 16.9. The van der Waals surface area contributed by atoms with Crippen molar-refractivity contribution in [2.24, 2.45) is 5.92 Å². The number of hydrogen-bond donors (Lipinski definition) is 2. The topological polar surface area (TPSA) is 99.5 Å². The van der Waals surface area contributed by atoms with Gasteiger partial charge in [-0.2, -0.15) is 0 Å².